The summed E-state index contributed by atoms with van der Waals surface area (Å²) in [5, 5.41) is 7.49. The van der Waals surface area contributed by atoms with Crippen LogP contribution in [0.5, 0.6) is 0 Å². The zero-order chi connectivity index (χ0) is 9.19. The van der Waals surface area contributed by atoms with Gasteiger partial charge in [0.2, 0.25) is 0 Å². The normalized spacial score (nSPS) is 12.0. The molecule has 3 nitrogen and oxygen atoms in total. The van der Waals surface area contributed by atoms with Crippen molar-refractivity contribution in [1.29, 1.82) is 0 Å². The molecule has 1 rings (SSSR count). The molecule has 1 N–H and O–H groups in total. The molecule has 3 heteroatoms. The molecule has 0 atom stereocenters. The Morgan fingerprint density at radius 1 is 1.50 bits per heavy atom. The predicted molar refractivity (Wildman–Crippen MR) is 49.8 cm³/mol. The zero-order valence-corrected chi connectivity index (χ0v) is 8.26. The Hall–Kier alpha value is -0.830. The van der Waals surface area contributed by atoms with Gasteiger partial charge in [-0.05, 0) is 20.8 Å². The van der Waals surface area contributed by atoms with Crippen LogP contribution in [0.2, 0.25) is 0 Å². The quantitative estimate of drug-likeness (QED) is 0.719. The Morgan fingerprint density at radius 3 is 2.58 bits per heavy atom. The van der Waals surface area contributed by atoms with Crippen LogP contribution in [-0.2, 0) is 13.6 Å². The van der Waals surface area contributed by atoms with Crippen LogP contribution in [0.1, 0.15) is 26.3 Å². The average molecular weight is 167 g/mol. The third-order valence-electron chi connectivity index (χ3n) is 1.58. The minimum absolute atomic E-state index is 0.176. The van der Waals surface area contributed by atoms with Crippen LogP contribution in [0.4, 0.5) is 0 Å². The monoisotopic (exact) mass is 167 g/mol. The molecule has 0 fully saturated rings. The average Bonchev–Trinajstić information content (AvgIpc) is 2.30. The van der Waals surface area contributed by atoms with Gasteiger partial charge in [-0.25, -0.2) is 0 Å². The summed E-state index contributed by atoms with van der Waals surface area (Å²) in [7, 11) is 1.93. The van der Waals surface area contributed by atoms with Gasteiger partial charge in [0.1, 0.15) is 0 Å². The van der Waals surface area contributed by atoms with E-state index in [2.05, 4.69) is 31.2 Å². The van der Waals surface area contributed by atoms with Crippen molar-refractivity contribution in [2.24, 2.45) is 7.05 Å². The maximum absolute atomic E-state index is 4.09. The van der Waals surface area contributed by atoms with Crippen LogP contribution in [-0.4, -0.2) is 15.3 Å². The maximum Gasteiger partial charge on any atom is 0.0534 e. The smallest absolute Gasteiger partial charge is 0.0534 e. The number of nitrogens with one attached hydrogen (secondary N) is 1. The summed E-state index contributed by atoms with van der Waals surface area (Å²) in [5.74, 6) is 0. The van der Waals surface area contributed by atoms with Crippen molar-refractivity contribution in [3.05, 3.63) is 18.0 Å². The Kier molecular flexibility index (Phi) is 2.52. The maximum atomic E-state index is 4.09. The van der Waals surface area contributed by atoms with Gasteiger partial charge in [0.25, 0.3) is 0 Å². The second-order valence-electron chi connectivity index (χ2n) is 4.13. The van der Waals surface area contributed by atoms with E-state index in [-0.39, 0.29) is 5.54 Å². The summed E-state index contributed by atoms with van der Waals surface area (Å²) in [6, 6.07) is 0. The Labute approximate surface area is 73.8 Å². The Morgan fingerprint density at radius 2 is 2.17 bits per heavy atom. The SMILES string of the molecule is Cn1cc(CNC(C)(C)C)cn1. The van der Waals surface area contributed by atoms with Crippen molar-refractivity contribution < 1.29 is 0 Å². The van der Waals surface area contributed by atoms with Crippen molar-refractivity contribution in [1.82, 2.24) is 15.1 Å². The van der Waals surface area contributed by atoms with E-state index >= 15 is 0 Å². The van der Waals surface area contributed by atoms with Crippen LogP contribution in [0.25, 0.3) is 0 Å². The molecule has 1 aromatic heterocycles. The van der Waals surface area contributed by atoms with Crippen LogP contribution >= 0.6 is 0 Å². The molecule has 12 heavy (non-hydrogen) atoms. The Bertz CT molecular complexity index is 245. The Balaban J connectivity index is 2.44. The highest BCUT2D eigenvalue weighted by atomic mass is 15.2. The molecule has 1 heterocycles. The molecule has 0 unspecified atom stereocenters. The van der Waals surface area contributed by atoms with Gasteiger partial charge in [-0.3, -0.25) is 4.68 Å². The molecule has 0 aliphatic rings. The number of rotatable bonds is 2. The highest BCUT2D eigenvalue weighted by Crippen LogP contribution is 2.02. The van der Waals surface area contributed by atoms with E-state index < -0.39 is 0 Å². The number of hydrogen-bond donors (Lipinski definition) is 1. The van der Waals surface area contributed by atoms with Crippen LogP contribution in [0, 0.1) is 0 Å². The van der Waals surface area contributed by atoms with Crippen LogP contribution in [0.3, 0.4) is 0 Å². The van der Waals surface area contributed by atoms with Gasteiger partial charge in [0, 0.05) is 30.9 Å². The largest absolute Gasteiger partial charge is 0.308 e. The summed E-state index contributed by atoms with van der Waals surface area (Å²) in [5.41, 5.74) is 1.41. The first kappa shape index (κ1) is 9.26. The van der Waals surface area contributed by atoms with E-state index in [4.69, 9.17) is 0 Å². The molecule has 0 bridgehead atoms. The molecular weight excluding hydrogens is 150 g/mol. The number of nitrogens with zero attached hydrogens (tertiary/aromatic N) is 2. The number of aromatic nitrogens is 2. The van der Waals surface area contributed by atoms with E-state index in [1.807, 2.05) is 24.1 Å². The van der Waals surface area contributed by atoms with E-state index in [1.165, 1.54) is 5.56 Å². The first-order chi connectivity index (χ1) is 5.47. The molecular formula is C9H17N3. The second kappa shape index (κ2) is 3.27. The van der Waals surface area contributed by atoms with Gasteiger partial charge in [0.05, 0.1) is 6.20 Å². The summed E-state index contributed by atoms with van der Waals surface area (Å²) >= 11 is 0. The van der Waals surface area contributed by atoms with E-state index in [1.54, 1.807) is 0 Å². The third kappa shape index (κ3) is 3.05. The highest BCUT2D eigenvalue weighted by molar-refractivity contribution is 5.03. The van der Waals surface area contributed by atoms with Crippen molar-refractivity contribution >= 4 is 0 Å². The van der Waals surface area contributed by atoms with Crippen molar-refractivity contribution in [2.45, 2.75) is 32.9 Å². The van der Waals surface area contributed by atoms with Crippen molar-refractivity contribution in [3.8, 4) is 0 Å². The fraction of sp³-hybridized carbons (Fsp3) is 0.667. The lowest BCUT2D eigenvalue weighted by Gasteiger charge is -2.19. The van der Waals surface area contributed by atoms with Crippen LogP contribution < -0.4 is 5.32 Å². The molecule has 0 saturated carbocycles. The minimum Gasteiger partial charge on any atom is -0.308 e. The highest BCUT2D eigenvalue weighted by Gasteiger charge is 2.08. The zero-order valence-electron chi connectivity index (χ0n) is 8.26. The molecule has 1 aromatic rings. The van der Waals surface area contributed by atoms with Crippen molar-refractivity contribution in [2.75, 3.05) is 0 Å². The minimum atomic E-state index is 0.176. The number of aryl methyl sites for hydroxylation is 1. The fourth-order valence-electron chi connectivity index (χ4n) is 0.930. The molecule has 0 spiro atoms. The van der Waals surface area contributed by atoms with E-state index in [0.717, 1.165) is 6.54 Å². The molecule has 0 aromatic carbocycles. The fourth-order valence-corrected chi connectivity index (χ4v) is 0.930. The first-order valence-electron chi connectivity index (χ1n) is 4.20. The van der Waals surface area contributed by atoms with Crippen LogP contribution in [0.15, 0.2) is 12.4 Å². The number of hydrogen-bond acceptors (Lipinski definition) is 2. The molecule has 0 aliphatic heterocycles. The lowest BCUT2D eigenvalue weighted by molar-refractivity contribution is 0.424. The molecule has 68 valence electrons. The van der Waals surface area contributed by atoms with Gasteiger partial charge >= 0.3 is 0 Å². The molecule has 0 radical (unpaired) electrons. The van der Waals surface area contributed by atoms with E-state index in [0.29, 0.717) is 0 Å². The lowest BCUT2D eigenvalue weighted by Crippen LogP contribution is -2.34. The summed E-state index contributed by atoms with van der Waals surface area (Å²) in [6.45, 7) is 7.35. The van der Waals surface area contributed by atoms with Gasteiger partial charge in [-0.2, -0.15) is 5.10 Å². The van der Waals surface area contributed by atoms with Crippen molar-refractivity contribution in [3.63, 3.8) is 0 Å². The van der Waals surface area contributed by atoms with Gasteiger partial charge in [0.15, 0.2) is 0 Å². The summed E-state index contributed by atoms with van der Waals surface area (Å²) in [4.78, 5) is 0. The summed E-state index contributed by atoms with van der Waals surface area (Å²) < 4.78 is 1.82. The predicted octanol–water partition coefficient (Wildman–Crippen LogP) is 1.31. The third-order valence-corrected chi connectivity index (χ3v) is 1.58. The molecule has 0 aliphatic carbocycles. The van der Waals surface area contributed by atoms with Gasteiger partial charge in [-0.1, -0.05) is 0 Å². The van der Waals surface area contributed by atoms with E-state index in [9.17, 15) is 0 Å². The molecule has 0 saturated heterocycles. The van der Waals surface area contributed by atoms with Gasteiger partial charge in [-0.15, -0.1) is 0 Å². The summed E-state index contributed by atoms with van der Waals surface area (Å²) in [6.07, 6.45) is 3.91. The second-order valence-corrected chi connectivity index (χ2v) is 4.13. The standard InChI is InChI=1S/C9H17N3/c1-9(2,3)10-5-8-6-11-12(4)7-8/h6-7,10H,5H2,1-4H3. The molecule has 0 amide bonds. The lowest BCUT2D eigenvalue weighted by atomic mass is 10.1. The first-order valence-corrected chi connectivity index (χ1v) is 4.20. The topological polar surface area (TPSA) is 29.9 Å². The van der Waals surface area contributed by atoms with Gasteiger partial charge < -0.3 is 5.32 Å².